The molecule has 136 valence electrons. The Bertz CT molecular complexity index is 945. The molecule has 0 aliphatic rings. The number of rotatable bonds is 5. The molecule has 3 aromatic rings. The van der Waals surface area contributed by atoms with E-state index in [-0.39, 0.29) is 0 Å². The smallest absolute Gasteiger partial charge is 0.260 e. The molecule has 6 nitrogen and oxygen atoms in total. The molecule has 0 spiro atoms. The van der Waals surface area contributed by atoms with Gasteiger partial charge in [0.25, 0.3) is 5.91 Å². The summed E-state index contributed by atoms with van der Waals surface area (Å²) in [6.07, 6.45) is 0.911. The van der Waals surface area contributed by atoms with Gasteiger partial charge in [-0.3, -0.25) is 14.6 Å². The molecule has 3 rings (SSSR count). The molecular weight excluding hydrogens is 328 g/mol. The highest BCUT2D eigenvalue weighted by Crippen LogP contribution is 2.25. The maximum absolute atomic E-state index is 11.5. The van der Waals surface area contributed by atoms with Crippen LogP contribution in [0.25, 0.3) is 16.7 Å². The number of imidazole rings is 1. The summed E-state index contributed by atoms with van der Waals surface area (Å²) in [6, 6.07) is 11.7. The minimum atomic E-state index is -0.783. The van der Waals surface area contributed by atoms with Crippen LogP contribution in [0.4, 0.5) is 0 Å². The van der Waals surface area contributed by atoms with Crippen LogP contribution in [0.15, 0.2) is 36.4 Å². The molecule has 4 N–H and O–H groups in total. The lowest BCUT2D eigenvalue weighted by molar-refractivity contribution is -0.130. The Morgan fingerprint density at radius 3 is 2.50 bits per heavy atom. The quantitative estimate of drug-likeness (QED) is 0.486. The zero-order valence-corrected chi connectivity index (χ0v) is 15.3. The molecule has 1 aromatic heterocycles. The fraction of sp³-hybridized carbons (Fsp3) is 0.300. The number of nitrogens with two attached hydrogens (primary N) is 1. The predicted molar refractivity (Wildman–Crippen MR) is 102 cm³/mol. The van der Waals surface area contributed by atoms with Crippen LogP contribution in [0.2, 0.25) is 0 Å². The first-order valence-electron chi connectivity index (χ1n) is 8.66. The highest BCUT2D eigenvalue weighted by molar-refractivity contribution is 5.81. The van der Waals surface area contributed by atoms with Gasteiger partial charge in [0.15, 0.2) is 0 Å². The van der Waals surface area contributed by atoms with Gasteiger partial charge in [0.1, 0.15) is 5.82 Å². The Labute approximate surface area is 152 Å². The molecule has 2 aromatic carbocycles. The average molecular weight is 352 g/mol. The molecular formula is C20H24N4O2. The summed E-state index contributed by atoms with van der Waals surface area (Å²) in [4.78, 5) is 16.3. The number of aryl methyl sites for hydroxylation is 4. The van der Waals surface area contributed by atoms with Crippen molar-refractivity contribution >= 4 is 16.9 Å². The molecule has 0 radical (unpaired) electrons. The first-order chi connectivity index (χ1) is 12.4. The predicted octanol–water partition coefficient (Wildman–Crippen LogP) is 2.72. The van der Waals surface area contributed by atoms with E-state index in [1.165, 1.54) is 16.7 Å². The summed E-state index contributed by atoms with van der Waals surface area (Å²) in [7, 11) is 0. The standard InChI is InChI=1S/C20H24N4O2/c1-12-4-6-15(7-5-12)24-18-11-14(3)13(2)10-17(18)22-19(24)9-8-16(21)20(25)23-26/h4-7,10-11,16,26H,8-9,21H2,1-3H3,(H,23,25). The van der Waals surface area contributed by atoms with Crippen LogP contribution in [0, 0.1) is 20.8 Å². The normalized spacial score (nSPS) is 12.3. The monoisotopic (exact) mass is 352 g/mol. The van der Waals surface area contributed by atoms with E-state index < -0.39 is 11.9 Å². The van der Waals surface area contributed by atoms with Crippen molar-refractivity contribution in [2.24, 2.45) is 5.73 Å². The van der Waals surface area contributed by atoms with Crippen molar-refractivity contribution in [1.82, 2.24) is 15.0 Å². The Hall–Kier alpha value is -2.70. The third-order valence-electron chi connectivity index (χ3n) is 4.76. The Morgan fingerprint density at radius 1 is 1.19 bits per heavy atom. The van der Waals surface area contributed by atoms with Crippen LogP contribution in [-0.4, -0.2) is 26.7 Å². The molecule has 1 heterocycles. The summed E-state index contributed by atoms with van der Waals surface area (Å²) in [6.45, 7) is 6.21. The summed E-state index contributed by atoms with van der Waals surface area (Å²) in [5.74, 6) is 0.254. The molecule has 1 atom stereocenters. The summed E-state index contributed by atoms with van der Waals surface area (Å²) in [5.41, 5.74) is 14.0. The van der Waals surface area contributed by atoms with Gasteiger partial charge in [-0.15, -0.1) is 0 Å². The van der Waals surface area contributed by atoms with E-state index in [0.29, 0.717) is 12.8 Å². The molecule has 26 heavy (non-hydrogen) atoms. The van der Waals surface area contributed by atoms with Gasteiger partial charge >= 0.3 is 0 Å². The topological polar surface area (TPSA) is 93.2 Å². The zero-order valence-electron chi connectivity index (χ0n) is 15.3. The van der Waals surface area contributed by atoms with Crippen LogP contribution in [0.1, 0.15) is 28.9 Å². The Balaban J connectivity index is 2.07. The SMILES string of the molecule is Cc1ccc(-n2c(CCC(N)C(=O)NO)nc3cc(C)c(C)cc32)cc1. The molecule has 0 aliphatic heterocycles. The van der Waals surface area contributed by atoms with Crippen molar-refractivity contribution in [3.8, 4) is 5.69 Å². The number of fused-ring (bicyclic) bond motifs is 1. The number of benzene rings is 2. The van der Waals surface area contributed by atoms with Gasteiger partial charge in [-0.05, 0) is 62.6 Å². The molecule has 0 saturated carbocycles. The lowest BCUT2D eigenvalue weighted by atomic mass is 10.1. The van der Waals surface area contributed by atoms with E-state index in [1.54, 1.807) is 5.48 Å². The number of nitrogens with one attached hydrogen (secondary N) is 1. The Kier molecular flexibility index (Phi) is 5.06. The second-order valence-electron chi connectivity index (χ2n) is 6.75. The van der Waals surface area contributed by atoms with Crippen molar-refractivity contribution in [1.29, 1.82) is 0 Å². The molecule has 1 unspecified atom stereocenters. The van der Waals surface area contributed by atoms with E-state index in [9.17, 15) is 4.79 Å². The van der Waals surface area contributed by atoms with Crippen LogP contribution in [0.5, 0.6) is 0 Å². The number of nitrogens with zero attached hydrogens (tertiary/aromatic N) is 2. The maximum Gasteiger partial charge on any atom is 0.260 e. The molecule has 0 fully saturated rings. The van der Waals surface area contributed by atoms with Gasteiger partial charge in [0.2, 0.25) is 0 Å². The van der Waals surface area contributed by atoms with E-state index in [2.05, 4.69) is 61.7 Å². The fourth-order valence-corrected chi connectivity index (χ4v) is 3.03. The number of hydrogen-bond acceptors (Lipinski definition) is 4. The number of amides is 1. The van der Waals surface area contributed by atoms with E-state index in [1.807, 2.05) is 0 Å². The molecule has 0 saturated heterocycles. The van der Waals surface area contributed by atoms with Crippen molar-refractivity contribution in [3.63, 3.8) is 0 Å². The van der Waals surface area contributed by atoms with Crippen LogP contribution < -0.4 is 11.2 Å². The highest BCUT2D eigenvalue weighted by Gasteiger charge is 2.17. The second-order valence-corrected chi connectivity index (χ2v) is 6.75. The summed E-state index contributed by atoms with van der Waals surface area (Å²) >= 11 is 0. The number of hydrogen-bond donors (Lipinski definition) is 3. The van der Waals surface area contributed by atoms with E-state index in [4.69, 9.17) is 15.9 Å². The zero-order chi connectivity index (χ0) is 18.8. The fourth-order valence-electron chi connectivity index (χ4n) is 3.03. The minimum Gasteiger partial charge on any atom is -0.320 e. The largest absolute Gasteiger partial charge is 0.320 e. The van der Waals surface area contributed by atoms with Crippen LogP contribution >= 0.6 is 0 Å². The van der Waals surface area contributed by atoms with Gasteiger partial charge in [-0.1, -0.05) is 17.7 Å². The summed E-state index contributed by atoms with van der Waals surface area (Å²) < 4.78 is 2.12. The lowest BCUT2D eigenvalue weighted by Crippen LogP contribution is -2.39. The van der Waals surface area contributed by atoms with E-state index in [0.717, 1.165) is 22.5 Å². The molecule has 6 heteroatoms. The molecule has 0 aliphatic carbocycles. The first kappa shape index (κ1) is 18.1. The first-order valence-corrected chi connectivity index (χ1v) is 8.66. The van der Waals surface area contributed by atoms with Gasteiger partial charge in [-0.25, -0.2) is 10.5 Å². The minimum absolute atomic E-state index is 0.388. The summed E-state index contributed by atoms with van der Waals surface area (Å²) in [5, 5.41) is 8.74. The third kappa shape index (κ3) is 3.47. The van der Waals surface area contributed by atoms with Gasteiger partial charge in [0, 0.05) is 12.1 Å². The van der Waals surface area contributed by atoms with Crippen molar-refractivity contribution < 1.29 is 10.0 Å². The Morgan fingerprint density at radius 2 is 1.85 bits per heavy atom. The van der Waals surface area contributed by atoms with Gasteiger partial charge < -0.3 is 5.73 Å². The van der Waals surface area contributed by atoms with Crippen LogP contribution in [-0.2, 0) is 11.2 Å². The average Bonchev–Trinajstić information content (AvgIpc) is 2.97. The van der Waals surface area contributed by atoms with Crippen molar-refractivity contribution in [2.45, 2.75) is 39.7 Å². The number of carbonyl (C=O) groups excluding carboxylic acids is 1. The maximum atomic E-state index is 11.5. The van der Waals surface area contributed by atoms with Crippen molar-refractivity contribution in [2.75, 3.05) is 0 Å². The number of hydroxylamine groups is 1. The number of aromatic nitrogens is 2. The molecule has 1 amide bonds. The second kappa shape index (κ2) is 7.27. The third-order valence-corrected chi connectivity index (χ3v) is 4.76. The number of carbonyl (C=O) groups is 1. The highest BCUT2D eigenvalue weighted by atomic mass is 16.5. The van der Waals surface area contributed by atoms with Gasteiger partial charge in [0.05, 0.1) is 17.1 Å². The van der Waals surface area contributed by atoms with Gasteiger partial charge in [-0.2, -0.15) is 0 Å². The lowest BCUT2D eigenvalue weighted by Gasteiger charge is -2.12. The molecule has 0 bridgehead atoms. The van der Waals surface area contributed by atoms with Crippen molar-refractivity contribution in [3.05, 3.63) is 58.9 Å². The van der Waals surface area contributed by atoms with Crippen LogP contribution in [0.3, 0.4) is 0 Å². The van der Waals surface area contributed by atoms with E-state index >= 15 is 0 Å².